The second-order valence-electron chi connectivity index (χ2n) is 8.34. The number of benzene rings is 1. The van der Waals surface area contributed by atoms with Crippen molar-refractivity contribution in [3.63, 3.8) is 0 Å². The molecule has 3 aromatic rings. The molecule has 2 aromatic heterocycles. The van der Waals surface area contributed by atoms with E-state index >= 15 is 0 Å². The van der Waals surface area contributed by atoms with E-state index in [1.165, 1.54) is 0 Å². The average molecular weight is 441 g/mol. The molecule has 1 aliphatic carbocycles. The van der Waals surface area contributed by atoms with Crippen LogP contribution in [-0.2, 0) is 0 Å². The summed E-state index contributed by atoms with van der Waals surface area (Å²) in [4.78, 5) is 14.7. The summed E-state index contributed by atoms with van der Waals surface area (Å²) in [7, 11) is 3.57. The molecule has 9 heteroatoms. The standard InChI is InChI=1S/C23H29N5O4/c1-4-32-21-13-18-15(14-27(25-18)16-8-10-17(29)11-9-16)12-19(21)24-23(30)20-6-5-7-22(26(2)3)28(20)31/h5-7,12-14,16-17,29H,4,8-11H2,1-3H3,(H-,24,30,31)/p+1. The van der Waals surface area contributed by atoms with Gasteiger partial charge in [-0.25, -0.2) is 0 Å². The molecule has 2 heterocycles. The number of carbonyl (C=O) groups is 1. The van der Waals surface area contributed by atoms with Crippen molar-refractivity contribution in [3.05, 3.63) is 42.2 Å². The maximum Gasteiger partial charge on any atom is 0.316 e. The lowest BCUT2D eigenvalue weighted by molar-refractivity contribution is -0.895. The van der Waals surface area contributed by atoms with Gasteiger partial charge in [-0.1, -0.05) is 0 Å². The van der Waals surface area contributed by atoms with Gasteiger partial charge in [0.15, 0.2) is 0 Å². The molecule has 0 radical (unpaired) electrons. The lowest BCUT2D eigenvalue weighted by Crippen LogP contribution is -2.44. The predicted molar refractivity (Wildman–Crippen MR) is 121 cm³/mol. The fraction of sp³-hybridized carbons (Fsp3) is 0.435. The molecular formula is C23H30N5O4+. The highest BCUT2D eigenvalue weighted by molar-refractivity contribution is 6.04. The summed E-state index contributed by atoms with van der Waals surface area (Å²) >= 11 is 0. The number of rotatable bonds is 6. The van der Waals surface area contributed by atoms with E-state index < -0.39 is 5.91 Å². The van der Waals surface area contributed by atoms with Crippen LogP contribution in [0, 0.1) is 0 Å². The zero-order valence-corrected chi connectivity index (χ0v) is 18.7. The number of ether oxygens (including phenoxy) is 1. The van der Waals surface area contributed by atoms with Crippen molar-refractivity contribution in [2.75, 3.05) is 30.9 Å². The average Bonchev–Trinajstić information content (AvgIpc) is 3.17. The molecule has 1 amide bonds. The van der Waals surface area contributed by atoms with Gasteiger partial charge >= 0.3 is 5.82 Å². The van der Waals surface area contributed by atoms with Gasteiger partial charge in [0.05, 0.1) is 44.1 Å². The minimum atomic E-state index is -0.454. The van der Waals surface area contributed by atoms with E-state index in [2.05, 4.69) is 5.32 Å². The van der Waals surface area contributed by atoms with Gasteiger partial charge in [0.25, 0.3) is 5.91 Å². The number of aromatic nitrogens is 3. The largest absolute Gasteiger partial charge is 0.492 e. The number of hydrogen-bond donors (Lipinski definition) is 3. The Morgan fingerprint density at radius 3 is 2.72 bits per heavy atom. The molecule has 9 nitrogen and oxygen atoms in total. The van der Waals surface area contributed by atoms with E-state index in [0.29, 0.717) is 23.9 Å². The van der Waals surface area contributed by atoms with Crippen LogP contribution < -0.4 is 19.7 Å². The summed E-state index contributed by atoms with van der Waals surface area (Å²) < 4.78 is 8.59. The maximum absolute atomic E-state index is 13.0. The number of nitrogens with zero attached hydrogens (tertiary/aromatic N) is 4. The molecular weight excluding hydrogens is 410 g/mol. The normalized spacial score (nSPS) is 18.5. The third-order valence-corrected chi connectivity index (χ3v) is 5.85. The molecule has 0 unspecified atom stereocenters. The van der Waals surface area contributed by atoms with Crippen LogP contribution >= 0.6 is 0 Å². The molecule has 0 bridgehead atoms. The monoisotopic (exact) mass is 440 g/mol. The lowest BCUT2D eigenvalue weighted by Gasteiger charge is -2.25. The van der Waals surface area contributed by atoms with Crippen LogP contribution in [0.5, 0.6) is 5.75 Å². The van der Waals surface area contributed by atoms with Gasteiger partial charge in [-0.05, 0) is 55.5 Å². The van der Waals surface area contributed by atoms with E-state index in [1.54, 1.807) is 37.2 Å². The van der Waals surface area contributed by atoms with Crippen molar-refractivity contribution >= 4 is 28.3 Å². The minimum absolute atomic E-state index is 0.107. The van der Waals surface area contributed by atoms with Crippen LogP contribution in [0.15, 0.2) is 36.5 Å². The summed E-state index contributed by atoms with van der Waals surface area (Å²) in [6.07, 6.45) is 5.08. The van der Waals surface area contributed by atoms with Gasteiger partial charge in [0, 0.05) is 23.7 Å². The third-order valence-electron chi connectivity index (χ3n) is 5.85. The second-order valence-corrected chi connectivity index (χ2v) is 8.34. The smallest absolute Gasteiger partial charge is 0.316 e. The third kappa shape index (κ3) is 4.34. The Morgan fingerprint density at radius 2 is 2.03 bits per heavy atom. The molecule has 1 aliphatic rings. The van der Waals surface area contributed by atoms with Crippen LogP contribution in [-0.4, -0.2) is 52.8 Å². The number of pyridine rings is 1. The topological polar surface area (TPSA) is 104 Å². The summed E-state index contributed by atoms with van der Waals surface area (Å²) in [6, 6.07) is 8.91. The van der Waals surface area contributed by atoms with Crippen molar-refractivity contribution < 1.29 is 24.6 Å². The second kappa shape index (κ2) is 9.04. The molecule has 0 saturated heterocycles. The van der Waals surface area contributed by atoms with Crippen molar-refractivity contribution in [2.45, 2.75) is 44.8 Å². The first kappa shape index (κ1) is 21.9. The number of fused-ring (bicyclic) bond motifs is 1. The highest BCUT2D eigenvalue weighted by Crippen LogP contribution is 2.33. The first-order valence-corrected chi connectivity index (χ1v) is 10.9. The number of hydrogen-bond acceptors (Lipinski definition) is 6. The molecule has 170 valence electrons. The van der Waals surface area contributed by atoms with Crippen molar-refractivity contribution in [3.8, 4) is 5.75 Å². The first-order chi connectivity index (χ1) is 15.4. The van der Waals surface area contributed by atoms with Gasteiger partial charge in [0.2, 0.25) is 5.69 Å². The van der Waals surface area contributed by atoms with Crippen LogP contribution in [0.3, 0.4) is 0 Å². The zero-order valence-electron chi connectivity index (χ0n) is 18.7. The Labute approximate surface area is 186 Å². The summed E-state index contributed by atoms with van der Waals surface area (Å²) in [5.41, 5.74) is 1.40. The molecule has 3 N–H and O–H groups in total. The molecule has 1 saturated carbocycles. The SMILES string of the molecule is CCOc1cc2nn(C3CCC(O)CC3)cc2cc1NC(=O)c1cccc(N(C)C)[n+]1O. The molecule has 1 aromatic carbocycles. The van der Waals surface area contributed by atoms with E-state index in [1.807, 2.05) is 29.9 Å². The van der Waals surface area contributed by atoms with E-state index in [9.17, 15) is 15.1 Å². The number of anilines is 2. The highest BCUT2D eigenvalue weighted by Gasteiger charge is 2.24. The van der Waals surface area contributed by atoms with Gasteiger partial charge < -0.3 is 20.4 Å². The van der Waals surface area contributed by atoms with E-state index in [4.69, 9.17) is 9.84 Å². The molecule has 0 aliphatic heterocycles. The highest BCUT2D eigenvalue weighted by atomic mass is 16.5. The Hall–Kier alpha value is -3.33. The molecule has 0 spiro atoms. The van der Waals surface area contributed by atoms with Crippen LogP contribution in [0.4, 0.5) is 11.5 Å². The van der Waals surface area contributed by atoms with Gasteiger partial charge in [-0.3, -0.25) is 14.4 Å². The van der Waals surface area contributed by atoms with Gasteiger partial charge in [-0.2, -0.15) is 5.10 Å². The summed E-state index contributed by atoms with van der Waals surface area (Å²) in [5, 5.41) is 28.7. The number of aliphatic hydroxyl groups is 1. The summed E-state index contributed by atoms with van der Waals surface area (Å²) in [6.45, 7) is 2.32. The van der Waals surface area contributed by atoms with Crippen LogP contribution in [0.25, 0.3) is 10.9 Å². The fourth-order valence-corrected chi connectivity index (χ4v) is 4.14. The minimum Gasteiger partial charge on any atom is -0.492 e. The number of aliphatic hydroxyl groups excluding tert-OH is 1. The lowest BCUT2D eigenvalue weighted by atomic mass is 9.93. The number of amides is 1. The first-order valence-electron chi connectivity index (χ1n) is 10.9. The molecule has 1 fully saturated rings. The van der Waals surface area contributed by atoms with Gasteiger partial charge in [-0.15, -0.1) is 0 Å². The number of carbonyl (C=O) groups excluding carboxylic acids is 1. The quantitative estimate of drug-likeness (QED) is 0.402. The fourth-order valence-electron chi connectivity index (χ4n) is 4.14. The van der Waals surface area contributed by atoms with Gasteiger partial charge in [0.1, 0.15) is 5.75 Å². The number of nitrogens with one attached hydrogen (secondary N) is 1. The van der Waals surface area contributed by atoms with Crippen LogP contribution in [0.2, 0.25) is 0 Å². The predicted octanol–water partition coefficient (Wildman–Crippen LogP) is 2.75. The summed E-state index contributed by atoms with van der Waals surface area (Å²) in [5.74, 6) is 0.549. The molecule has 0 atom stereocenters. The van der Waals surface area contributed by atoms with Crippen LogP contribution in [0.1, 0.15) is 49.1 Å². The Bertz CT molecular complexity index is 1120. The van der Waals surface area contributed by atoms with E-state index in [-0.39, 0.29) is 17.8 Å². The van der Waals surface area contributed by atoms with Crippen molar-refractivity contribution in [2.24, 2.45) is 0 Å². The molecule has 4 rings (SSSR count). The zero-order chi connectivity index (χ0) is 22.8. The van der Waals surface area contributed by atoms with Crippen molar-refractivity contribution in [1.29, 1.82) is 0 Å². The van der Waals surface area contributed by atoms with Crippen molar-refractivity contribution in [1.82, 2.24) is 9.78 Å². The molecule has 32 heavy (non-hydrogen) atoms. The van der Waals surface area contributed by atoms with E-state index in [0.717, 1.165) is 41.3 Å². The Kier molecular flexibility index (Phi) is 6.18. The Balaban J connectivity index is 1.65. The Morgan fingerprint density at radius 1 is 1.28 bits per heavy atom. The maximum atomic E-state index is 13.0.